The Hall–Kier alpha value is -2.59. The second-order valence-electron chi connectivity index (χ2n) is 6.20. The molecule has 1 unspecified atom stereocenters. The molecule has 1 aliphatic carbocycles. The first-order valence-electron chi connectivity index (χ1n) is 8.11. The Labute approximate surface area is 141 Å². The zero-order valence-corrected chi connectivity index (χ0v) is 13.3. The smallest absolute Gasteiger partial charge is 0.407 e. The van der Waals surface area contributed by atoms with Crippen molar-refractivity contribution in [2.45, 2.75) is 12.0 Å². The zero-order chi connectivity index (χ0) is 16.5. The van der Waals surface area contributed by atoms with Crippen LogP contribution in [0.4, 0.5) is 4.79 Å². The van der Waals surface area contributed by atoms with Gasteiger partial charge >= 0.3 is 6.09 Å². The third kappa shape index (κ3) is 2.59. The van der Waals surface area contributed by atoms with Crippen molar-refractivity contribution in [2.75, 3.05) is 19.8 Å². The van der Waals surface area contributed by atoms with Gasteiger partial charge in [0.2, 0.25) is 0 Å². The van der Waals surface area contributed by atoms with E-state index in [1.165, 1.54) is 22.3 Å². The second-order valence-corrected chi connectivity index (χ2v) is 6.20. The summed E-state index contributed by atoms with van der Waals surface area (Å²) in [5, 5.41) is 2.81. The maximum atomic E-state index is 12.1. The van der Waals surface area contributed by atoms with Gasteiger partial charge in [-0.3, -0.25) is 0 Å². The van der Waals surface area contributed by atoms with Crippen LogP contribution in [-0.4, -0.2) is 32.0 Å². The molecular formula is C20H19NO3. The Kier molecular flexibility index (Phi) is 3.82. The number of carbonyl (C=O) groups is 1. The molecule has 0 spiro atoms. The van der Waals surface area contributed by atoms with Crippen LogP contribution in [-0.2, 0) is 9.47 Å². The Morgan fingerprint density at radius 3 is 2.33 bits per heavy atom. The molecule has 1 N–H and O–H groups in total. The summed E-state index contributed by atoms with van der Waals surface area (Å²) >= 11 is 0. The third-order valence-electron chi connectivity index (χ3n) is 4.70. The number of rotatable bonds is 3. The van der Waals surface area contributed by atoms with Gasteiger partial charge in [-0.15, -0.1) is 0 Å². The van der Waals surface area contributed by atoms with Crippen molar-refractivity contribution in [1.29, 1.82) is 0 Å². The van der Waals surface area contributed by atoms with Gasteiger partial charge in [0.15, 0.2) is 0 Å². The van der Waals surface area contributed by atoms with Crippen LogP contribution in [0.3, 0.4) is 0 Å². The fourth-order valence-electron chi connectivity index (χ4n) is 3.45. The first kappa shape index (κ1) is 15.0. The van der Waals surface area contributed by atoms with Crippen LogP contribution in [0.25, 0.3) is 11.1 Å². The summed E-state index contributed by atoms with van der Waals surface area (Å²) in [6, 6.07) is 16.4. The fourth-order valence-corrected chi connectivity index (χ4v) is 3.45. The largest absolute Gasteiger partial charge is 0.449 e. The van der Waals surface area contributed by atoms with E-state index in [4.69, 9.17) is 9.47 Å². The molecule has 2 aromatic rings. The molecule has 0 saturated carbocycles. The molecule has 1 fully saturated rings. The molecule has 1 heterocycles. The number of carbonyl (C=O) groups excluding carboxylic acids is 1. The molecule has 1 saturated heterocycles. The molecule has 4 rings (SSSR count). The highest BCUT2D eigenvalue weighted by molar-refractivity contribution is 5.79. The number of amides is 1. The van der Waals surface area contributed by atoms with E-state index < -0.39 is 6.09 Å². The van der Waals surface area contributed by atoms with Crippen LogP contribution < -0.4 is 5.32 Å². The van der Waals surface area contributed by atoms with E-state index >= 15 is 0 Å². The Balaban J connectivity index is 1.48. The molecule has 2 aliphatic rings. The van der Waals surface area contributed by atoms with Crippen molar-refractivity contribution in [3.05, 3.63) is 71.8 Å². The van der Waals surface area contributed by atoms with Crippen molar-refractivity contribution >= 4 is 6.09 Å². The van der Waals surface area contributed by atoms with Gasteiger partial charge in [-0.2, -0.15) is 0 Å². The van der Waals surface area contributed by atoms with E-state index in [1.54, 1.807) is 0 Å². The molecule has 24 heavy (non-hydrogen) atoms. The summed E-state index contributed by atoms with van der Waals surface area (Å²) in [6.07, 6.45) is -0.423. The molecule has 4 heteroatoms. The quantitative estimate of drug-likeness (QED) is 0.881. The van der Waals surface area contributed by atoms with E-state index in [2.05, 4.69) is 36.2 Å². The first-order chi connectivity index (χ1) is 11.7. The van der Waals surface area contributed by atoms with Gasteiger partial charge < -0.3 is 14.8 Å². The van der Waals surface area contributed by atoms with Crippen molar-refractivity contribution < 1.29 is 14.3 Å². The van der Waals surface area contributed by atoms with E-state index in [0.717, 1.165) is 5.57 Å². The van der Waals surface area contributed by atoms with Crippen molar-refractivity contribution in [3.8, 4) is 11.1 Å². The number of benzene rings is 2. The van der Waals surface area contributed by atoms with Crippen molar-refractivity contribution in [3.63, 3.8) is 0 Å². The van der Waals surface area contributed by atoms with Gasteiger partial charge in [-0.05, 0) is 27.8 Å². The van der Waals surface area contributed by atoms with E-state index in [0.29, 0.717) is 19.8 Å². The lowest BCUT2D eigenvalue weighted by Crippen LogP contribution is -2.37. The van der Waals surface area contributed by atoms with Crippen LogP contribution in [0, 0.1) is 0 Å². The third-order valence-corrected chi connectivity index (χ3v) is 4.70. The number of fused-ring (bicyclic) bond motifs is 3. The topological polar surface area (TPSA) is 47.6 Å². The summed E-state index contributed by atoms with van der Waals surface area (Å²) in [5.41, 5.74) is 5.74. The summed E-state index contributed by atoms with van der Waals surface area (Å²) in [7, 11) is 0. The summed E-state index contributed by atoms with van der Waals surface area (Å²) in [6.45, 7) is 5.17. The molecule has 2 aromatic carbocycles. The lowest BCUT2D eigenvalue weighted by molar-refractivity contribution is 0.136. The van der Waals surface area contributed by atoms with Crippen molar-refractivity contribution in [2.24, 2.45) is 0 Å². The Bertz CT molecular complexity index is 753. The first-order valence-corrected chi connectivity index (χ1v) is 8.11. The number of hydrogen-bond donors (Lipinski definition) is 1. The second kappa shape index (κ2) is 6.13. The highest BCUT2D eigenvalue weighted by Crippen LogP contribution is 2.44. The number of ether oxygens (including phenoxy) is 2. The summed E-state index contributed by atoms with van der Waals surface area (Å²) < 4.78 is 10.8. The molecular weight excluding hydrogens is 302 g/mol. The van der Waals surface area contributed by atoms with E-state index in [9.17, 15) is 4.79 Å². The molecule has 0 radical (unpaired) electrons. The zero-order valence-electron chi connectivity index (χ0n) is 13.3. The van der Waals surface area contributed by atoms with Crippen LogP contribution in [0.2, 0.25) is 0 Å². The van der Waals surface area contributed by atoms with Crippen LogP contribution in [0.15, 0.2) is 60.7 Å². The standard InChI is InChI=1S/C20H19NO3/c1-13-10-23-12-19(13)21-20(22)24-11-18-16-8-4-2-6-14(16)15-7-3-5-9-17(15)18/h2-9,18-19H,1,10-12H2,(H,21,22). The van der Waals surface area contributed by atoms with Gasteiger partial charge in [-0.25, -0.2) is 4.79 Å². The van der Waals surface area contributed by atoms with Crippen LogP contribution in [0.5, 0.6) is 0 Å². The maximum absolute atomic E-state index is 12.1. The minimum Gasteiger partial charge on any atom is -0.449 e. The summed E-state index contributed by atoms with van der Waals surface area (Å²) in [4.78, 5) is 12.1. The lowest BCUT2D eigenvalue weighted by atomic mass is 9.98. The van der Waals surface area contributed by atoms with Crippen molar-refractivity contribution in [1.82, 2.24) is 5.32 Å². The average molecular weight is 321 g/mol. The maximum Gasteiger partial charge on any atom is 0.407 e. The minimum absolute atomic E-state index is 0.0752. The molecule has 0 bridgehead atoms. The number of hydrogen-bond acceptors (Lipinski definition) is 3. The van der Waals surface area contributed by atoms with Crippen LogP contribution >= 0.6 is 0 Å². The van der Waals surface area contributed by atoms with Gasteiger partial charge in [0.25, 0.3) is 0 Å². The molecule has 0 aromatic heterocycles. The lowest BCUT2D eigenvalue weighted by Gasteiger charge is -2.16. The molecule has 4 nitrogen and oxygen atoms in total. The highest BCUT2D eigenvalue weighted by Gasteiger charge is 2.29. The van der Waals surface area contributed by atoms with Crippen LogP contribution in [0.1, 0.15) is 17.0 Å². The number of nitrogens with one attached hydrogen (secondary N) is 1. The minimum atomic E-state index is -0.423. The Morgan fingerprint density at radius 1 is 1.12 bits per heavy atom. The van der Waals surface area contributed by atoms with E-state index in [-0.39, 0.29) is 12.0 Å². The highest BCUT2D eigenvalue weighted by atomic mass is 16.5. The molecule has 1 amide bonds. The number of alkyl carbamates (subject to hydrolysis) is 1. The fraction of sp³-hybridized carbons (Fsp3) is 0.250. The monoisotopic (exact) mass is 321 g/mol. The van der Waals surface area contributed by atoms with Gasteiger partial charge in [0, 0.05) is 5.92 Å². The molecule has 1 aliphatic heterocycles. The van der Waals surface area contributed by atoms with Gasteiger partial charge in [0.05, 0.1) is 19.3 Å². The normalized spacial score (nSPS) is 19.0. The predicted molar refractivity (Wildman–Crippen MR) is 92.0 cm³/mol. The molecule has 122 valence electrons. The van der Waals surface area contributed by atoms with E-state index in [1.807, 2.05) is 24.3 Å². The van der Waals surface area contributed by atoms with Gasteiger partial charge in [-0.1, -0.05) is 55.1 Å². The predicted octanol–water partition coefficient (Wildman–Crippen LogP) is 3.48. The SMILES string of the molecule is C=C1COCC1NC(=O)OCC1c2ccccc2-c2ccccc21. The Morgan fingerprint density at radius 2 is 1.75 bits per heavy atom. The average Bonchev–Trinajstić information content (AvgIpc) is 3.15. The van der Waals surface area contributed by atoms with Gasteiger partial charge in [0.1, 0.15) is 6.61 Å². The molecule has 1 atom stereocenters. The summed E-state index contributed by atoms with van der Waals surface area (Å²) in [5.74, 6) is 0.0752.